The number of allylic oxidation sites excluding steroid dienone is 1. The van der Waals surface area contributed by atoms with Gasteiger partial charge in [0.2, 0.25) is 5.95 Å². The molecule has 0 spiro atoms. The van der Waals surface area contributed by atoms with E-state index in [1.54, 1.807) is 0 Å². The van der Waals surface area contributed by atoms with Gasteiger partial charge in [-0.2, -0.15) is 0 Å². The Morgan fingerprint density at radius 3 is 2.34 bits per heavy atom. The fourth-order valence-corrected chi connectivity index (χ4v) is 4.86. The van der Waals surface area contributed by atoms with Gasteiger partial charge in [0.25, 0.3) is 0 Å². The number of piperazine rings is 1. The van der Waals surface area contributed by atoms with E-state index in [0.717, 1.165) is 85.8 Å². The van der Waals surface area contributed by atoms with Gasteiger partial charge in [-0.05, 0) is 32.6 Å². The molecule has 10 nitrogen and oxygen atoms in total. The smallest absolute Gasteiger partial charge is 0.208 e. The van der Waals surface area contributed by atoms with Crippen molar-refractivity contribution in [2.24, 2.45) is 5.92 Å². The number of nitrogens with zero attached hydrogens (tertiary/aromatic N) is 9. The van der Waals surface area contributed by atoms with E-state index in [1.807, 2.05) is 19.3 Å². The Balaban J connectivity index is 1.48. The number of aryl methyl sites for hydroxylation is 1. The predicted octanol–water partition coefficient (Wildman–Crippen LogP) is 2.49. The van der Waals surface area contributed by atoms with Gasteiger partial charge in [0.15, 0.2) is 22.8 Å². The Labute approximate surface area is 205 Å². The molecular formula is C25H33N9O. The summed E-state index contributed by atoms with van der Waals surface area (Å²) in [5.74, 6) is 3.96. The first-order valence-corrected chi connectivity index (χ1v) is 12.6. The van der Waals surface area contributed by atoms with Gasteiger partial charge >= 0.3 is 0 Å². The number of morpholine rings is 1. The summed E-state index contributed by atoms with van der Waals surface area (Å²) in [6.07, 6.45) is 6.16. The number of ether oxygens (including phenoxy) is 1. The first kappa shape index (κ1) is 22.2. The number of imidazole rings is 1. The second-order valence-corrected chi connectivity index (χ2v) is 9.84. The number of rotatable bonds is 6. The second kappa shape index (κ2) is 9.07. The minimum Gasteiger partial charge on any atom is -0.378 e. The number of aromatic nitrogens is 6. The molecule has 184 valence electrons. The predicted molar refractivity (Wildman–Crippen MR) is 135 cm³/mol. The molecule has 0 bridgehead atoms. The maximum absolute atomic E-state index is 5.62. The quantitative estimate of drug-likeness (QED) is 0.533. The molecule has 3 aliphatic rings. The Hall–Kier alpha value is -3.27. The highest BCUT2D eigenvalue weighted by Gasteiger charge is 2.30. The maximum Gasteiger partial charge on any atom is 0.208 e. The average molecular weight is 476 g/mol. The highest BCUT2D eigenvalue weighted by atomic mass is 16.5. The van der Waals surface area contributed by atoms with Crippen LogP contribution in [-0.4, -0.2) is 86.9 Å². The summed E-state index contributed by atoms with van der Waals surface area (Å²) in [6, 6.07) is 0. The van der Waals surface area contributed by atoms with Crippen molar-refractivity contribution in [3.63, 3.8) is 0 Å². The molecule has 3 aromatic rings. The van der Waals surface area contributed by atoms with Gasteiger partial charge in [-0.15, -0.1) is 0 Å². The molecule has 0 radical (unpaired) electrons. The standard InChI is InChI=1S/C25H33N9O/c1-17(2)31-6-8-33(9-7-31)25-28-21-23(32-10-12-35-13-11-32)29-22(20-14-26-18(3)27-15-20)30-24(21)34(25)16-19-4-5-19/h14-15,19H,1,4-13,16H2,2-3H3. The number of anilines is 2. The summed E-state index contributed by atoms with van der Waals surface area (Å²) in [6.45, 7) is 15.7. The molecule has 0 atom stereocenters. The third-order valence-corrected chi connectivity index (χ3v) is 7.15. The van der Waals surface area contributed by atoms with Crippen LogP contribution in [0.4, 0.5) is 11.8 Å². The molecule has 2 saturated heterocycles. The Morgan fingerprint density at radius 2 is 1.69 bits per heavy atom. The number of fused-ring (bicyclic) bond motifs is 1. The molecule has 0 unspecified atom stereocenters. The van der Waals surface area contributed by atoms with E-state index in [2.05, 4.69) is 42.7 Å². The van der Waals surface area contributed by atoms with Crippen molar-refractivity contribution < 1.29 is 4.74 Å². The molecule has 10 heteroatoms. The van der Waals surface area contributed by atoms with Gasteiger partial charge in [0.1, 0.15) is 5.82 Å². The van der Waals surface area contributed by atoms with Crippen LogP contribution in [0, 0.1) is 12.8 Å². The van der Waals surface area contributed by atoms with Crippen LogP contribution in [0.25, 0.3) is 22.6 Å². The normalized spacial score (nSPS) is 19.0. The van der Waals surface area contributed by atoms with Crippen molar-refractivity contribution >= 4 is 22.9 Å². The lowest BCUT2D eigenvalue weighted by atomic mass is 10.3. The van der Waals surface area contributed by atoms with Crippen LogP contribution in [-0.2, 0) is 11.3 Å². The van der Waals surface area contributed by atoms with Crippen molar-refractivity contribution in [2.45, 2.75) is 33.2 Å². The second-order valence-electron chi connectivity index (χ2n) is 9.84. The molecule has 1 aliphatic carbocycles. The van der Waals surface area contributed by atoms with Crippen molar-refractivity contribution in [2.75, 3.05) is 62.3 Å². The van der Waals surface area contributed by atoms with Gasteiger partial charge in [-0.25, -0.2) is 24.9 Å². The zero-order valence-electron chi connectivity index (χ0n) is 20.7. The highest BCUT2D eigenvalue weighted by molar-refractivity contribution is 5.88. The molecule has 2 aliphatic heterocycles. The third kappa shape index (κ3) is 4.42. The molecule has 0 N–H and O–H groups in total. The monoisotopic (exact) mass is 475 g/mol. The minimum atomic E-state index is 0.648. The number of hydrogen-bond acceptors (Lipinski definition) is 9. The van der Waals surface area contributed by atoms with Crippen molar-refractivity contribution in [1.82, 2.24) is 34.4 Å². The highest BCUT2D eigenvalue weighted by Crippen LogP contribution is 2.36. The Kier molecular flexibility index (Phi) is 5.75. The lowest BCUT2D eigenvalue weighted by molar-refractivity contribution is 0.122. The van der Waals surface area contributed by atoms with Crippen LogP contribution >= 0.6 is 0 Å². The number of hydrogen-bond donors (Lipinski definition) is 0. The molecule has 3 aromatic heterocycles. The van der Waals surface area contributed by atoms with Gasteiger partial charge < -0.3 is 19.4 Å². The van der Waals surface area contributed by atoms with Gasteiger partial charge in [0, 0.05) is 63.9 Å². The Morgan fingerprint density at radius 1 is 0.971 bits per heavy atom. The average Bonchev–Trinajstić information content (AvgIpc) is 3.64. The van der Waals surface area contributed by atoms with Gasteiger partial charge in [-0.1, -0.05) is 6.58 Å². The molecule has 1 saturated carbocycles. The molecule has 6 rings (SSSR count). The fraction of sp³-hybridized carbons (Fsp3) is 0.560. The fourth-order valence-electron chi connectivity index (χ4n) is 4.86. The van der Waals surface area contributed by atoms with Crippen LogP contribution in [0.15, 0.2) is 24.7 Å². The third-order valence-electron chi connectivity index (χ3n) is 7.15. The van der Waals surface area contributed by atoms with Gasteiger partial charge in [-0.3, -0.25) is 4.57 Å². The lowest BCUT2D eigenvalue weighted by Crippen LogP contribution is -2.46. The van der Waals surface area contributed by atoms with E-state index in [9.17, 15) is 0 Å². The van der Waals surface area contributed by atoms with Crippen molar-refractivity contribution in [1.29, 1.82) is 0 Å². The van der Waals surface area contributed by atoms with Crippen LogP contribution in [0.2, 0.25) is 0 Å². The molecule has 3 fully saturated rings. The Bertz CT molecular complexity index is 1220. The summed E-state index contributed by atoms with van der Waals surface area (Å²) >= 11 is 0. The van der Waals surface area contributed by atoms with Gasteiger partial charge in [0.05, 0.1) is 18.8 Å². The zero-order valence-corrected chi connectivity index (χ0v) is 20.7. The van der Waals surface area contributed by atoms with E-state index in [0.29, 0.717) is 25.0 Å². The van der Waals surface area contributed by atoms with E-state index < -0.39 is 0 Å². The van der Waals surface area contributed by atoms with E-state index in [1.165, 1.54) is 12.8 Å². The summed E-state index contributed by atoms with van der Waals surface area (Å²) in [7, 11) is 0. The summed E-state index contributed by atoms with van der Waals surface area (Å²) in [5.41, 5.74) is 3.73. The summed E-state index contributed by atoms with van der Waals surface area (Å²) < 4.78 is 7.97. The van der Waals surface area contributed by atoms with Crippen LogP contribution in [0.5, 0.6) is 0 Å². The van der Waals surface area contributed by atoms with E-state index >= 15 is 0 Å². The summed E-state index contributed by atoms with van der Waals surface area (Å²) in [5, 5.41) is 0. The maximum atomic E-state index is 5.62. The summed E-state index contributed by atoms with van der Waals surface area (Å²) in [4.78, 5) is 31.1. The molecule has 35 heavy (non-hydrogen) atoms. The topological polar surface area (TPSA) is 88.3 Å². The van der Waals surface area contributed by atoms with E-state index in [4.69, 9.17) is 19.7 Å². The zero-order chi connectivity index (χ0) is 23.9. The minimum absolute atomic E-state index is 0.648. The van der Waals surface area contributed by atoms with Crippen molar-refractivity contribution in [3.05, 3.63) is 30.5 Å². The molecule has 0 amide bonds. The van der Waals surface area contributed by atoms with Crippen LogP contribution < -0.4 is 9.80 Å². The largest absolute Gasteiger partial charge is 0.378 e. The lowest BCUT2D eigenvalue weighted by Gasteiger charge is -2.36. The first-order valence-electron chi connectivity index (χ1n) is 12.6. The first-order chi connectivity index (χ1) is 17.1. The molecule has 5 heterocycles. The SMILES string of the molecule is C=C(C)N1CCN(c2nc3c(N4CCOCC4)nc(-c4cnc(C)nc4)nc3n2CC2CC2)CC1. The van der Waals surface area contributed by atoms with Crippen LogP contribution in [0.1, 0.15) is 25.6 Å². The van der Waals surface area contributed by atoms with E-state index in [-0.39, 0.29) is 0 Å². The molecule has 0 aromatic carbocycles. The van der Waals surface area contributed by atoms with Crippen LogP contribution in [0.3, 0.4) is 0 Å². The van der Waals surface area contributed by atoms with Crippen molar-refractivity contribution in [3.8, 4) is 11.4 Å². The molecular weight excluding hydrogens is 442 g/mol.